The number of nitrogens with zero attached hydrogens (tertiary/aromatic N) is 3. The molecule has 1 N–H and O–H groups in total. The first kappa shape index (κ1) is 12.7. The molecule has 0 saturated carbocycles. The largest absolute Gasteiger partial charge is 0.339 e. The SMILES string of the molecule is O=c1ccc(CCc2nc(Cc3ccsc3)no2)n[nH]1. The van der Waals surface area contributed by atoms with Crippen molar-refractivity contribution in [2.45, 2.75) is 19.3 Å². The summed E-state index contributed by atoms with van der Waals surface area (Å²) < 4.78 is 5.20. The summed E-state index contributed by atoms with van der Waals surface area (Å²) in [7, 11) is 0. The molecule has 0 atom stereocenters. The van der Waals surface area contributed by atoms with Crippen molar-refractivity contribution in [3.05, 3.63) is 62.3 Å². The summed E-state index contributed by atoms with van der Waals surface area (Å²) in [6, 6.07) is 5.20. The van der Waals surface area contributed by atoms with Crippen molar-refractivity contribution in [3.63, 3.8) is 0 Å². The van der Waals surface area contributed by atoms with E-state index in [0.717, 1.165) is 5.69 Å². The first-order valence-corrected chi connectivity index (χ1v) is 7.11. The topological polar surface area (TPSA) is 84.7 Å². The Hall–Kier alpha value is -2.28. The lowest BCUT2D eigenvalue weighted by Gasteiger charge is -1.95. The van der Waals surface area contributed by atoms with Gasteiger partial charge in [0.05, 0.1) is 5.69 Å². The molecule has 3 rings (SSSR count). The zero-order valence-corrected chi connectivity index (χ0v) is 11.4. The Bertz CT molecular complexity index is 712. The van der Waals surface area contributed by atoms with E-state index in [4.69, 9.17) is 4.52 Å². The van der Waals surface area contributed by atoms with E-state index in [1.165, 1.54) is 11.6 Å². The van der Waals surface area contributed by atoms with Gasteiger partial charge < -0.3 is 4.52 Å². The number of aryl methyl sites for hydroxylation is 2. The van der Waals surface area contributed by atoms with E-state index in [0.29, 0.717) is 31.0 Å². The minimum atomic E-state index is -0.204. The van der Waals surface area contributed by atoms with Crippen LogP contribution in [0.25, 0.3) is 0 Å². The molecule has 3 aromatic heterocycles. The molecule has 0 saturated heterocycles. The summed E-state index contributed by atoms with van der Waals surface area (Å²) >= 11 is 1.65. The van der Waals surface area contributed by atoms with Crippen LogP contribution in [0.5, 0.6) is 0 Å². The number of aromatic amines is 1. The highest BCUT2D eigenvalue weighted by Gasteiger charge is 2.08. The van der Waals surface area contributed by atoms with E-state index in [1.54, 1.807) is 17.4 Å². The van der Waals surface area contributed by atoms with Gasteiger partial charge in [-0.1, -0.05) is 5.16 Å². The molecule has 3 heterocycles. The van der Waals surface area contributed by atoms with Crippen LogP contribution in [0.3, 0.4) is 0 Å². The summed E-state index contributed by atoms with van der Waals surface area (Å²) in [6.07, 6.45) is 1.94. The number of hydrogen-bond acceptors (Lipinski definition) is 6. The molecule has 3 aromatic rings. The Morgan fingerprint density at radius 2 is 2.20 bits per heavy atom. The summed E-state index contributed by atoms with van der Waals surface area (Å²) in [5.74, 6) is 1.27. The molecule has 6 nitrogen and oxygen atoms in total. The van der Waals surface area contributed by atoms with Crippen LogP contribution in [0.15, 0.2) is 38.3 Å². The Labute approximate surface area is 118 Å². The van der Waals surface area contributed by atoms with Crippen molar-refractivity contribution in [1.29, 1.82) is 0 Å². The number of hydrogen-bond donors (Lipinski definition) is 1. The van der Waals surface area contributed by atoms with E-state index >= 15 is 0 Å². The van der Waals surface area contributed by atoms with Crippen molar-refractivity contribution < 1.29 is 4.52 Å². The van der Waals surface area contributed by atoms with E-state index < -0.39 is 0 Å². The number of nitrogens with one attached hydrogen (secondary N) is 1. The highest BCUT2D eigenvalue weighted by molar-refractivity contribution is 7.07. The fraction of sp³-hybridized carbons (Fsp3) is 0.231. The predicted octanol–water partition coefficient (Wildman–Crippen LogP) is 1.59. The third-order valence-electron chi connectivity index (χ3n) is 2.78. The van der Waals surface area contributed by atoms with Gasteiger partial charge in [-0.2, -0.15) is 21.4 Å². The van der Waals surface area contributed by atoms with Crippen LogP contribution in [0.2, 0.25) is 0 Å². The lowest BCUT2D eigenvalue weighted by molar-refractivity contribution is 0.373. The fourth-order valence-electron chi connectivity index (χ4n) is 1.79. The number of rotatable bonds is 5. The average molecular weight is 288 g/mol. The van der Waals surface area contributed by atoms with Crippen molar-refractivity contribution >= 4 is 11.3 Å². The summed E-state index contributed by atoms with van der Waals surface area (Å²) in [5.41, 5.74) is 1.77. The third-order valence-corrected chi connectivity index (χ3v) is 3.52. The van der Waals surface area contributed by atoms with Crippen LogP contribution in [-0.2, 0) is 19.3 Å². The van der Waals surface area contributed by atoms with Gasteiger partial charge in [-0.05, 0) is 28.5 Å². The van der Waals surface area contributed by atoms with Gasteiger partial charge in [-0.25, -0.2) is 5.10 Å². The van der Waals surface area contributed by atoms with E-state index in [9.17, 15) is 4.79 Å². The zero-order chi connectivity index (χ0) is 13.8. The van der Waals surface area contributed by atoms with Gasteiger partial charge in [0.15, 0.2) is 5.82 Å². The van der Waals surface area contributed by atoms with E-state index in [1.807, 2.05) is 11.4 Å². The second kappa shape index (κ2) is 5.79. The van der Waals surface area contributed by atoms with E-state index in [-0.39, 0.29) is 5.56 Å². The van der Waals surface area contributed by atoms with Gasteiger partial charge >= 0.3 is 0 Å². The van der Waals surface area contributed by atoms with Crippen molar-refractivity contribution in [2.75, 3.05) is 0 Å². The van der Waals surface area contributed by atoms with Crippen molar-refractivity contribution in [2.24, 2.45) is 0 Å². The van der Waals surface area contributed by atoms with Gasteiger partial charge in [-0.15, -0.1) is 0 Å². The second-order valence-corrected chi connectivity index (χ2v) is 5.11. The maximum Gasteiger partial charge on any atom is 0.264 e. The lowest BCUT2D eigenvalue weighted by atomic mass is 10.2. The zero-order valence-electron chi connectivity index (χ0n) is 10.6. The molecule has 102 valence electrons. The normalized spacial score (nSPS) is 10.8. The van der Waals surface area contributed by atoms with Gasteiger partial charge in [-0.3, -0.25) is 4.79 Å². The molecule has 0 unspecified atom stereocenters. The Morgan fingerprint density at radius 3 is 2.95 bits per heavy atom. The summed E-state index contributed by atoms with van der Waals surface area (Å²) in [6.45, 7) is 0. The van der Waals surface area contributed by atoms with Gasteiger partial charge in [0.2, 0.25) is 5.89 Å². The second-order valence-electron chi connectivity index (χ2n) is 4.33. The lowest BCUT2D eigenvalue weighted by Crippen LogP contribution is -2.08. The molecule has 0 fully saturated rings. The van der Waals surface area contributed by atoms with Gasteiger partial charge in [0.25, 0.3) is 5.56 Å². The monoisotopic (exact) mass is 288 g/mol. The van der Waals surface area contributed by atoms with Crippen LogP contribution in [-0.4, -0.2) is 20.3 Å². The maximum absolute atomic E-state index is 10.9. The molecular formula is C13H12N4O2S. The Morgan fingerprint density at radius 1 is 1.25 bits per heavy atom. The minimum Gasteiger partial charge on any atom is -0.339 e. The molecule has 0 bridgehead atoms. The molecule has 0 aliphatic rings. The van der Waals surface area contributed by atoms with Crippen LogP contribution in [0.1, 0.15) is 23.0 Å². The highest BCUT2D eigenvalue weighted by atomic mass is 32.1. The molecule has 0 amide bonds. The van der Waals surface area contributed by atoms with Gasteiger partial charge in [0, 0.05) is 25.3 Å². The number of thiophene rings is 1. The fourth-order valence-corrected chi connectivity index (χ4v) is 2.46. The third kappa shape index (κ3) is 3.18. The first-order chi connectivity index (χ1) is 9.79. The smallest absolute Gasteiger partial charge is 0.264 e. The molecule has 0 aliphatic heterocycles. The molecule has 0 radical (unpaired) electrons. The average Bonchev–Trinajstić information content (AvgIpc) is 3.11. The summed E-state index contributed by atoms with van der Waals surface area (Å²) in [4.78, 5) is 15.2. The maximum atomic E-state index is 10.9. The molecule has 20 heavy (non-hydrogen) atoms. The quantitative estimate of drug-likeness (QED) is 0.770. The molecule has 0 spiro atoms. The van der Waals surface area contributed by atoms with Crippen LogP contribution < -0.4 is 5.56 Å². The van der Waals surface area contributed by atoms with Crippen LogP contribution >= 0.6 is 11.3 Å². The molecule has 0 aliphatic carbocycles. The molecular weight excluding hydrogens is 276 g/mol. The van der Waals surface area contributed by atoms with Crippen LogP contribution in [0.4, 0.5) is 0 Å². The predicted molar refractivity (Wildman–Crippen MR) is 73.7 cm³/mol. The van der Waals surface area contributed by atoms with Crippen LogP contribution in [0, 0.1) is 0 Å². The van der Waals surface area contributed by atoms with Gasteiger partial charge in [0.1, 0.15) is 0 Å². The Kier molecular flexibility index (Phi) is 3.69. The van der Waals surface area contributed by atoms with Crippen molar-refractivity contribution in [3.8, 4) is 0 Å². The molecule has 7 heteroatoms. The highest BCUT2D eigenvalue weighted by Crippen LogP contribution is 2.11. The van der Waals surface area contributed by atoms with Crippen molar-refractivity contribution in [1.82, 2.24) is 20.3 Å². The minimum absolute atomic E-state index is 0.204. The number of H-pyrrole nitrogens is 1. The Balaban J connectivity index is 1.59. The summed E-state index contributed by atoms with van der Waals surface area (Å²) in [5, 5.41) is 14.4. The number of aromatic nitrogens is 4. The first-order valence-electron chi connectivity index (χ1n) is 6.17. The standard InChI is InChI=1S/C13H12N4O2S/c18-12-3-1-10(15-16-12)2-4-13-14-11(17-19-13)7-9-5-6-20-8-9/h1,3,5-6,8H,2,4,7H2,(H,16,18). The van der Waals surface area contributed by atoms with E-state index in [2.05, 4.69) is 25.7 Å². The molecule has 0 aromatic carbocycles.